The first kappa shape index (κ1) is 15.5. The van der Waals surface area contributed by atoms with Gasteiger partial charge in [0.1, 0.15) is 0 Å². The molecule has 7 heteroatoms. The van der Waals surface area contributed by atoms with Gasteiger partial charge in [-0.2, -0.15) is 0 Å². The molecule has 1 rings (SSSR count). The number of halogens is 2. The molecule has 18 heavy (non-hydrogen) atoms. The van der Waals surface area contributed by atoms with Gasteiger partial charge < -0.3 is 9.05 Å². The van der Waals surface area contributed by atoms with E-state index in [1.807, 2.05) is 0 Å². The number of rotatable bonds is 7. The van der Waals surface area contributed by atoms with Gasteiger partial charge in [0.2, 0.25) is 0 Å². The summed E-state index contributed by atoms with van der Waals surface area (Å²) in [7, 11) is -5.08. The SMILES string of the molecule is COP(=O)(CCC[Si](F)(F)c1ccccc1)OC. The summed E-state index contributed by atoms with van der Waals surface area (Å²) in [6, 6.07) is 7.56. The van der Waals surface area contributed by atoms with Gasteiger partial charge in [0.05, 0.1) is 6.16 Å². The Morgan fingerprint density at radius 2 is 1.72 bits per heavy atom. The van der Waals surface area contributed by atoms with Crippen LogP contribution in [-0.4, -0.2) is 29.1 Å². The van der Waals surface area contributed by atoms with E-state index in [9.17, 15) is 12.8 Å². The van der Waals surface area contributed by atoms with Crippen molar-refractivity contribution >= 4 is 21.5 Å². The second kappa shape index (κ2) is 6.57. The fourth-order valence-corrected chi connectivity index (χ4v) is 4.52. The van der Waals surface area contributed by atoms with Gasteiger partial charge in [0.25, 0.3) is 0 Å². The molecule has 0 atom stereocenters. The molecule has 1 aromatic rings. The van der Waals surface area contributed by atoms with Crippen molar-refractivity contribution in [3.8, 4) is 0 Å². The van der Waals surface area contributed by atoms with Crippen molar-refractivity contribution in [2.45, 2.75) is 12.5 Å². The molecule has 0 aromatic heterocycles. The topological polar surface area (TPSA) is 35.5 Å². The predicted molar refractivity (Wildman–Crippen MR) is 70.0 cm³/mol. The Labute approximate surface area is 107 Å². The maximum atomic E-state index is 13.9. The molecule has 0 spiro atoms. The van der Waals surface area contributed by atoms with E-state index in [0.717, 1.165) is 0 Å². The minimum absolute atomic E-state index is 0.0232. The van der Waals surface area contributed by atoms with E-state index in [1.54, 1.807) is 18.2 Å². The number of benzene rings is 1. The Morgan fingerprint density at radius 3 is 2.22 bits per heavy atom. The second-order valence-electron chi connectivity index (χ2n) is 3.87. The largest absolute Gasteiger partial charge is 0.455 e. The van der Waals surface area contributed by atoms with Crippen LogP contribution in [0.4, 0.5) is 8.22 Å². The molecule has 0 saturated heterocycles. The zero-order chi connectivity index (χ0) is 13.6. The van der Waals surface area contributed by atoms with Crippen LogP contribution in [0.3, 0.4) is 0 Å². The third-order valence-electron chi connectivity index (χ3n) is 2.68. The summed E-state index contributed by atoms with van der Waals surface area (Å²) >= 11 is 0. The second-order valence-corrected chi connectivity index (χ2v) is 8.76. The normalized spacial score (nSPS) is 12.7. The van der Waals surface area contributed by atoms with Crippen LogP contribution < -0.4 is 5.19 Å². The van der Waals surface area contributed by atoms with E-state index in [1.165, 1.54) is 26.4 Å². The lowest BCUT2D eigenvalue weighted by Gasteiger charge is -2.16. The van der Waals surface area contributed by atoms with Gasteiger partial charge in [-0.3, -0.25) is 12.8 Å². The highest BCUT2D eigenvalue weighted by molar-refractivity contribution is 7.53. The summed E-state index contributed by atoms with van der Waals surface area (Å²) in [6.07, 6.45) is 0.155. The van der Waals surface area contributed by atoms with Crippen molar-refractivity contribution in [1.82, 2.24) is 0 Å². The van der Waals surface area contributed by atoms with E-state index in [-0.39, 0.29) is 23.8 Å². The third kappa shape index (κ3) is 4.28. The lowest BCUT2D eigenvalue weighted by Crippen LogP contribution is -2.38. The van der Waals surface area contributed by atoms with Crippen molar-refractivity contribution in [3.05, 3.63) is 30.3 Å². The Morgan fingerprint density at radius 1 is 1.17 bits per heavy atom. The average molecular weight is 294 g/mol. The van der Waals surface area contributed by atoms with Crippen LogP contribution in [0.25, 0.3) is 0 Å². The van der Waals surface area contributed by atoms with E-state index in [4.69, 9.17) is 9.05 Å². The van der Waals surface area contributed by atoms with Crippen LogP contribution in [0.5, 0.6) is 0 Å². The van der Waals surface area contributed by atoms with Gasteiger partial charge in [0, 0.05) is 25.5 Å². The molecule has 0 N–H and O–H groups in total. The summed E-state index contributed by atoms with van der Waals surface area (Å²) in [6.45, 7) is 0. The molecule has 1 aromatic carbocycles. The molecule has 0 saturated carbocycles. The average Bonchev–Trinajstić information content (AvgIpc) is 2.39. The fourth-order valence-electron chi connectivity index (χ4n) is 1.58. The summed E-state index contributed by atoms with van der Waals surface area (Å²) < 4.78 is 48.9. The molecule has 0 bridgehead atoms. The maximum Gasteiger partial charge on any atom is 0.455 e. The number of hydrogen-bond donors (Lipinski definition) is 0. The van der Waals surface area contributed by atoms with Crippen molar-refractivity contribution in [2.75, 3.05) is 20.4 Å². The molecular formula is C11H17F2O3PSi. The van der Waals surface area contributed by atoms with Crippen LogP contribution in [0, 0.1) is 0 Å². The predicted octanol–water partition coefficient (Wildman–Crippen LogP) is 3.15. The van der Waals surface area contributed by atoms with Crippen LogP contribution in [0.15, 0.2) is 30.3 Å². The third-order valence-corrected chi connectivity index (χ3v) is 6.81. The zero-order valence-corrected chi connectivity index (χ0v) is 12.3. The highest BCUT2D eigenvalue weighted by Crippen LogP contribution is 2.47. The monoisotopic (exact) mass is 294 g/mol. The van der Waals surface area contributed by atoms with Gasteiger partial charge in [-0.05, 0) is 6.42 Å². The molecule has 0 heterocycles. The summed E-state index contributed by atoms with van der Waals surface area (Å²) in [5.41, 5.74) is 0. The zero-order valence-electron chi connectivity index (χ0n) is 10.4. The molecule has 0 radical (unpaired) electrons. The molecule has 0 aliphatic carbocycles. The summed E-state index contributed by atoms with van der Waals surface area (Å²) in [5, 5.41) is 0.106. The molecular weight excluding hydrogens is 277 g/mol. The molecule has 3 nitrogen and oxygen atoms in total. The Balaban J connectivity index is 2.56. The summed E-state index contributed by atoms with van der Waals surface area (Å²) in [5.74, 6) is 0. The maximum absolute atomic E-state index is 13.9. The fraction of sp³-hybridized carbons (Fsp3) is 0.455. The quantitative estimate of drug-likeness (QED) is 0.440. The molecule has 0 aliphatic heterocycles. The highest BCUT2D eigenvalue weighted by atomic mass is 31.2. The van der Waals surface area contributed by atoms with E-state index in [0.29, 0.717) is 0 Å². The van der Waals surface area contributed by atoms with Crippen molar-refractivity contribution in [2.24, 2.45) is 0 Å². The van der Waals surface area contributed by atoms with Gasteiger partial charge in [0.15, 0.2) is 0 Å². The Bertz CT molecular complexity index is 406. The summed E-state index contributed by atoms with van der Waals surface area (Å²) in [4.78, 5) is 0. The first-order chi connectivity index (χ1) is 8.43. The molecule has 0 aliphatic rings. The Hall–Kier alpha value is -0.553. The van der Waals surface area contributed by atoms with Gasteiger partial charge in [-0.25, -0.2) is 0 Å². The smallest absolute Gasteiger partial charge is 0.312 e. The van der Waals surface area contributed by atoms with E-state index in [2.05, 4.69) is 0 Å². The van der Waals surface area contributed by atoms with E-state index >= 15 is 0 Å². The number of hydrogen-bond acceptors (Lipinski definition) is 3. The standard InChI is InChI=1S/C11H17F2O3PSi/c1-15-17(14,16-2)9-6-10-18(12,13)11-7-4-3-5-8-11/h3-5,7-8H,6,9-10H2,1-2H3. The van der Waals surface area contributed by atoms with Crippen molar-refractivity contribution in [1.29, 1.82) is 0 Å². The van der Waals surface area contributed by atoms with Gasteiger partial charge >= 0.3 is 16.3 Å². The minimum atomic E-state index is -4.44. The molecule has 0 amide bonds. The molecule has 0 unspecified atom stereocenters. The first-order valence-electron chi connectivity index (χ1n) is 5.57. The minimum Gasteiger partial charge on any atom is -0.312 e. The Kier molecular flexibility index (Phi) is 5.66. The van der Waals surface area contributed by atoms with Crippen LogP contribution in [-0.2, 0) is 13.6 Å². The first-order valence-corrected chi connectivity index (χ1v) is 9.26. The van der Waals surface area contributed by atoms with Crippen LogP contribution >= 0.6 is 7.60 Å². The molecule has 102 valence electrons. The van der Waals surface area contributed by atoms with Crippen LogP contribution in [0.2, 0.25) is 6.04 Å². The van der Waals surface area contributed by atoms with Crippen molar-refractivity contribution < 1.29 is 21.8 Å². The van der Waals surface area contributed by atoms with Crippen LogP contribution in [0.1, 0.15) is 6.42 Å². The molecule has 0 fully saturated rings. The van der Waals surface area contributed by atoms with Gasteiger partial charge in [-0.15, -0.1) is 0 Å². The van der Waals surface area contributed by atoms with E-state index < -0.39 is 16.3 Å². The van der Waals surface area contributed by atoms with Gasteiger partial charge in [-0.1, -0.05) is 30.3 Å². The lowest BCUT2D eigenvalue weighted by atomic mass is 10.4. The van der Waals surface area contributed by atoms with Crippen molar-refractivity contribution in [3.63, 3.8) is 0 Å². The highest BCUT2D eigenvalue weighted by Gasteiger charge is 2.37. The lowest BCUT2D eigenvalue weighted by molar-refractivity contribution is 0.275.